The van der Waals surface area contributed by atoms with Crippen LogP contribution in [0.5, 0.6) is 0 Å². The van der Waals surface area contributed by atoms with Crippen LogP contribution in [0.1, 0.15) is 53.7 Å². The first-order chi connectivity index (χ1) is 7.87. The summed E-state index contributed by atoms with van der Waals surface area (Å²) < 4.78 is 5.22. The number of hydrogen-bond donors (Lipinski definition) is 0. The van der Waals surface area contributed by atoms with Crippen molar-refractivity contribution >= 4 is 11.8 Å². The minimum atomic E-state index is -0.534. The molecule has 0 saturated carbocycles. The molecule has 17 heavy (non-hydrogen) atoms. The first kappa shape index (κ1) is 11.8. The largest absolute Gasteiger partial charge is 0.455 e. The summed E-state index contributed by atoms with van der Waals surface area (Å²) in [6, 6.07) is 3.22. The van der Waals surface area contributed by atoms with Crippen molar-refractivity contribution in [2.45, 2.75) is 39.2 Å². The minimum Gasteiger partial charge on any atom is -0.455 e. The third kappa shape index (κ3) is 2.52. The first-order valence-electron chi connectivity index (χ1n) is 5.63. The molecule has 4 nitrogen and oxygen atoms in total. The van der Waals surface area contributed by atoms with Crippen molar-refractivity contribution in [1.29, 1.82) is 0 Å². The van der Waals surface area contributed by atoms with Gasteiger partial charge in [-0.15, -0.1) is 0 Å². The number of aromatic nitrogens is 1. The highest BCUT2D eigenvalue weighted by atomic mass is 16.6. The smallest absolute Gasteiger partial charge is 0.357 e. The Labute approximate surface area is 100 Å². The van der Waals surface area contributed by atoms with Crippen molar-refractivity contribution in [3.05, 3.63) is 29.1 Å². The lowest BCUT2D eigenvalue weighted by atomic mass is 10.2. The highest BCUT2D eigenvalue weighted by Crippen LogP contribution is 2.21. The zero-order chi connectivity index (χ0) is 12.6. The van der Waals surface area contributed by atoms with Crippen LogP contribution in [0.15, 0.2) is 12.1 Å². The second-order valence-corrected chi connectivity index (χ2v) is 5.12. The van der Waals surface area contributed by atoms with Crippen LogP contribution in [0, 0.1) is 0 Å². The standard InChI is InChI=1S/C13H15NO3/c1-13(2,3)17-12(16)10-5-4-8-9(14-10)6-7-11(8)15/h4-5H,6-7H2,1-3H3. The molecule has 1 aliphatic rings. The van der Waals surface area contributed by atoms with Crippen molar-refractivity contribution in [2.75, 3.05) is 0 Å². The lowest BCUT2D eigenvalue weighted by Crippen LogP contribution is -2.24. The molecule has 1 heterocycles. The van der Waals surface area contributed by atoms with E-state index in [0.717, 1.165) is 0 Å². The third-order valence-electron chi connectivity index (χ3n) is 2.47. The second kappa shape index (κ2) is 3.95. The van der Waals surface area contributed by atoms with E-state index in [4.69, 9.17) is 4.74 Å². The number of ether oxygens (including phenoxy) is 1. The molecule has 1 aliphatic carbocycles. The number of ketones is 1. The number of nitrogens with zero attached hydrogens (tertiary/aromatic N) is 1. The molecule has 4 heteroatoms. The number of fused-ring (bicyclic) bond motifs is 1. The molecule has 0 aromatic carbocycles. The van der Waals surface area contributed by atoms with Crippen molar-refractivity contribution in [3.8, 4) is 0 Å². The lowest BCUT2D eigenvalue weighted by molar-refractivity contribution is 0.00624. The Morgan fingerprint density at radius 3 is 2.65 bits per heavy atom. The van der Waals surface area contributed by atoms with Gasteiger partial charge in [-0.25, -0.2) is 9.78 Å². The molecule has 0 saturated heterocycles. The Balaban J connectivity index is 2.24. The number of rotatable bonds is 1. The first-order valence-corrected chi connectivity index (χ1v) is 5.63. The van der Waals surface area contributed by atoms with Gasteiger partial charge >= 0.3 is 5.97 Å². The van der Waals surface area contributed by atoms with Crippen LogP contribution in [0.25, 0.3) is 0 Å². The van der Waals surface area contributed by atoms with Gasteiger partial charge in [0.1, 0.15) is 11.3 Å². The Kier molecular flexibility index (Phi) is 2.73. The lowest BCUT2D eigenvalue weighted by Gasteiger charge is -2.19. The summed E-state index contributed by atoms with van der Waals surface area (Å²) in [6.45, 7) is 5.42. The van der Waals surface area contributed by atoms with Gasteiger partial charge in [0.05, 0.1) is 5.69 Å². The molecule has 1 aromatic rings. The van der Waals surface area contributed by atoms with Gasteiger partial charge in [-0.2, -0.15) is 0 Å². The Bertz CT molecular complexity index is 486. The van der Waals surface area contributed by atoms with Crippen molar-refractivity contribution < 1.29 is 14.3 Å². The van der Waals surface area contributed by atoms with Gasteiger partial charge in [0.25, 0.3) is 0 Å². The maximum Gasteiger partial charge on any atom is 0.357 e. The second-order valence-electron chi connectivity index (χ2n) is 5.12. The fourth-order valence-corrected chi connectivity index (χ4v) is 1.76. The maximum absolute atomic E-state index is 11.8. The average molecular weight is 233 g/mol. The fourth-order valence-electron chi connectivity index (χ4n) is 1.76. The molecule has 0 N–H and O–H groups in total. The quantitative estimate of drug-likeness (QED) is 0.697. The van der Waals surface area contributed by atoms with Gasteiger partial charge in [0.2, 0.25) is 0 Å². The number of hydrogen-bond acceptors (Lipinski definition) is 4. The van der Waals surface area contributed by atoms with Gasteiger partial charge in [0.15, 0.2) is 5.78 Å². The predicted molar refractivity (Wildman–Crippen MR) is 62.1 cm³/mol. The van der Waals surface area contributed by atoms with Crippen LogP contribution in [-0.4, -0.2) is 22.3 Å². The normalized spacial score (nSPS) is 14.6. The van der Waals surface area contributed by atoms with E-state index in [-0.39, 0.29) is 11.5 Å². The van der Waals surface area contributed by atoms with E-state index < -0.39 is 11.6 Å². The molecule has 90 valence electrons. The fraction of sp³-hybridized carbons (Fsp3) is 0.462. The number of esters is 1. The number of pyridine rings is 1. The molecule has 0 radical (unpaired) electrons. The highest BCUT2D eigenvalue weighted by molar-refractivity contribution is 6.00. The summed E-state index contributed by atoms with van der Waals surface area (Å²) in [5.74, 6) is -0.345. The van der Waals surface area contributed by atoms with Crippen molar-refractivity contribution in [1.82, 2.24) is 4.98 Å². The van der Waals surface area contributed by atoms with Gasteiger partial charge in [-0.1, -0.05) is 0 Å². The molecule has 0 atom stereocenters. The molecular weight excluding hydrogens is 218 g/mol. The van der Waals surface area contributed by atoms with Crippen LogP contribution >= 0.6 is 0 Å². The minimum absolute atomic E-state index is 0.100. The van der Waals surface area contributed by atoms with E-state index in [1.165, 1.54) is 0 Å². The Hall–Kier alpha value is -1.71. The van der Waals surface area contributed by atoms with Gasteiger partial charge in [0, 0.05) is 12.0 Å². The highest BCUT2D eigenvalue weighted by Gasteiger charge is 2.24. The van der Waals surface area contributed by atoms with Gasteiger partial charge in [-0.05, 0) is 39.3 Å². The summed E-state index contributed by atoms with van der Waals surface area (Å²) >= 11 is 0. The van der Waals surface area contributed by atoms with Crippen molar-refractivity contribution in [3.63, 3.8) is 0 Å². The number of aryl methyl sites for hydroxylation is 1. The van der Waals surface area contributed by atoms with E-state index in [1.54, 1.807) is 12.1 Å². The molecule has 0 spiro atoms. The molecular formula is C13H15NO3. The average Bonchev–Trinajstić information content (AvgIpc) is 2.57. The summed E-state index contributed by atoms with van der Waals surface area (Å²) in [6.07, 6.45) is 1.10. The number of Topliss-reactive ketones (excluding diaryl/α,β-unsaturated/α-hetero) is 1. The number of carbonyl (C=O) groups excluding carboxylic acids is 2. The van der Waals surface area contributed by atoms with E-state index in [1.807, 2.05) is 20.8 Å². The molecule has 0 unspecified atom stereocenters. The molecule has 0 amide bonds. The van der Waals surface area contributed by atoms with Crippen molar-refractivity contribution in [2.24, 2.45) is 0 Å². The third-order valence-corrected chi connectivity index (χ3v) is 2.47. The predicted octanol–water partition coefficient (Wildman–Crippen LogP) is 2.17. The summed E-state index contributed by atoms with van der Waals surface area (Å²) in [4.78, 5) is 27.4. The summed E-state index contributed by atoms with van der Waals surface area (Å²) in [5, 5.41) is 0. The maximum atomic E-state index is 11.8. The van der Waals surface area contributed by atoms with E-state index in [9.17, 15) is 9.59 Å². The van der Waals surface area contributed by atoms with E-state index in [2.05, 4.69) is 4.98 Å². The number of carbonyl (C=O) groups is 2. The molecule has 0 aliphatic heterocycles. The zero-order valence-corrected chi connectivity index (χ0v) is 10.2. The summed E-state index contributed by atoms with van der Waals surface area (Å²) in [7, 11) is 0. The monoisotopic (exact) mass is 233 g/mol. The molecule has 0 fully saturated rings. The van der Waals surface area contributed by atoms with Crippen LogP contribution in [-0.2, 0) is 11.2 Å². The van der Waals surface area contributed by atoms with Crippen LogP contribution < -0.4 is 0 Å². The van der Waals surface area contributed by atoms with Crippen LogP contribution in [0.2, 0.25) is 0 Å². The van der Waals surface area contributed by atoms with Gasteiger partial charge < -0.3 is 4.74 Å². The zero-order valence-electron chi connectivity index (χ0n) is 10.2. The van der Waals surface area contributed by atoms with E-state index >= 15 is 0 Å². The van der Waals surface area contributed by atoms with Crippen LogP contribution in [0.3, 0.4) is 0 Å². The summed E-state index contributed by atoms with van der Waals surface area (Å²) in [5.41, 5.74) is 1.08. The Morgan fingerprint density at radius 1 is 1.29 bits per heavy atom. The SMILES string of the molecule is CC(C)(C)OC(=O)c1ccc2c(n1)CCC2=O. The van der Waals surface area contributed by atoms with E-state index in [0.29, 0.717) is 24.1 Å². The van der Waals surface area contributed by atoms with Gasteiger partial charge in [-0.3, -0.25) is 4.79 Å². The molecule has 0 bridgehead atoms. The Morgan fingerprint density at radius 2 is 2.00 bits per heavy atom. The molecule has 1 aromatic heterocycles. The molecule has 2 rings (SSSR count). The topological polar surface area (TPSA) is 56.3 Å². The van der Waals surface area contributed by atoms with Crippen LogP contribution in [0.4, 0.5) is 0 Å².